The second kappa shape index (κ2) is 4.78. The van der Waals surface area contributed by atoms with Gasteiger partial charge in [-0.15, -0.1) is 5.10 Å². The molecule has 0 aliphatic heterocycles. The molecule has 0 fully saturated rings. The van der Waals surface area contributed by atoms with Crippen LogP contribution < -0.4 is 5.73 Å². The highest BCUT2D eigenvalue weighted by Crippen LogP contribution is 1.97. The smallest absolute Gasteiger partial charge is 0.138 e. The first-order valence-electron chi connectivity index (χ1n) is 3.92. The Kier molecular flexibility index (Phi) is 3.62. The molecule has 1 aromatic rings. The first-order chi connectivity index (χ1) is 5.83. The van der Waals surface area contributed by atoms with Crippen LogP contribution in [0.25, 0.3) is 0 Å². The third kappa shape index (κ3) is 2.93. The third-order valence-corrected chi connectivity index (χ3v) is 1.58. The standard InChI is InChI=1S/C6H13N5O/c7-3-1-6(12)2-4-11-5-8-9-10-11/h5-6,12H,1-4,7H2. The van der Waals surface area contributed by atoms with E-state index in [0.29, 0.717) is 25.9 Å². The summed E-state index contributed by atoms with van der Waals surface area (Å²) in [6, 6.07) is 0. The molecule has 0 aliphatic rings. The van der Waals surface area contributed by atoms with Gasteiger partial charge < -0.3 is 10.8 Å². The molecule has 6 nitrogen and oxygen atoms in total. The minimum absolute atomic E-state index is 0.348. The van der Waals surface area contributed by atoms with Crippen LogP contribution in [0.1, 0.15) is 12.8 Å². The van der Waals surface area contributed by atoms with Crippen molar-refractivity contribution in [2.24, 2.45) is 5.73 Å². The number of aliphatic hydroxyl groups is 1. The number of aromatic nitrogens is 4. The number of aliphatic hydroxyl groups excluding tert-OH is 1. The first-order valence-corrected chi connectivity index (χ1v) is 3.92. The van der Waals surface area contributed by atoms with Gasteiger partial charge in [-0.2, -0.15) is 0 Å². The van der Waals surface area contributed by atoms with Crippen molar-refractivity contribution < 1.29 is 5.11 Å². The van der Waals surface area contributed by atoms with Gasteiger partial charge in [0.15, 0.2) is 0 Å². The summed E-state index contributed by atoms with van der Waals surface area (Å²) in [5.41, 5.74) is 5.27. The number of hydrogen-bond donors (Lipinski definition) is 2. The van der Waals surface area contributed by atoms with Crippen LogP contribution in [0.5, 0.6) is 0 Å². The number of aryl methyl sites for hydroxylation is 1. The lowest BCUT2D eigenvalue weighted by Gasteiger charge is -2.07. The summed E-state index contributed by atoms with van der Waals surface area (Å²) in [5.74, 6) is 0. The van der Waals surface area contributed by atoms with Gasteiger partial charge in [0.2, 0.25) is 0 Å². The zero-order chi connectivity index (χ0) is 8.81. The van der Waals surface area contributed by atoms with Gasteiger partial charge in [0.1, 0.15) is 6.33 Å². The maximum absolute atomic E-state index is 9.29. The molecule has 3 N–H and O–H groups in total. The van der Waals surface area contributed by atoms with E-state index in [2.05, 4.69) is 15.5 Å². The van der Waals surface area contributed by atoms with Gasteiger partial charge in [-0.3, -0.25) is 0 Å². The summed E-state index contributed by atoms with van der Waals surface area (Å²) in [7, 11) is 0. The van der Waals surface area contributed by atoms with Crippen molar-refractivity contribution in [1.29, 1.82) is 0 Å². The maximum Gasteiger partial charge on any atom is 0.138 e. The van der Waals surface area contributed by atoms with E-state index in [1.807, 2.05) is 0 Å². The van der Waals surface area contributed by atoms with Gasteiger partial charge in [0.25, 0.3) is 0 Å². The Morgan fingerprint density at radius 2 is 2.33 bits per heavy atom. The van der Waals surface area contributed by atoms with Crippen LogP contribution in [-0.2, 0) is 6.54 Å². The molecule has 6 heteroatoms. The first kappa shape index (κ1) is 9.08. The van der Waals surface area contributed by atoms with E-state index in [1.54, 1.807) is 4.68 Å². The molecule has 0 aromatic carbocycles. The van der Waals surface area contributed by atoms with Crippen molar-refractivity contribution in [2.75, 3.05) is 6.54 Å². The van der Waals surface area contributed by atoms with Crippen LogP contribution in [0.4, 0.5) is 0 Å². The monoisotopic (exact) mass is 171 g/mol. The molecular formula is C6H13N5O. The molecule has 0 saturated heterocycles. The van der Waals surface area contributed by atoms with Crippen molar-refractivity contribution in [3.63, 3.8) is 0 Å². The van der Waals surface area contributed by atoms with E-state index < -0.39 is 0 Å². The third-order valence-electron chi connectivity index (χ3n) is 1.58. The predicted octanol–water partition coefficient (Wildman–Crippen LogP) is -1.23. The quantitative estimate of drug-likeness (QED) is 0.579. The number of nitrogens with two attached hydrogens (primary N) is 1. The molecule has 1 unspecified atom stereocenters. The SMILES string of the molecule is NCCC(O)CCn1cnnn1. The molecule has 12 heavy (non-hydrogen) atoms. The summed E-state index contributed by atoms with van der Waals surface area (Å²) in [4.78, 5) is 0. The van der Waals surface area contributed by atoms with Crippen molar-refractivity contribution in [3.05, 3.63) is 6.33 Å². The van der Waals surface area contributed by atoms with Crippen LogP contribution in [0.2, 0.25) is 0 Å². The Bertz CT molecular complexity index is 200. The van der Waals surface area contributed by atoms with Crippen LogP contribution >= 0.6 is 0 Å². The summed E-state index contributed by atoms with van der Waals surface area (Å²) < 4.78 is 1.58. The second-order valence-electron chi connectivity index (χ2n) is 2.59. The summed E-state index contributed by atoms with van der Waals surface area (Å²) in [6.45, 7) is 1.14. The molecular weight excluding hydrogens is 158 g/mol. The van der Waals surface area contributed by atoms with Gasteiger partial charge in [-0.05, 0) is 29.8 Å². The highest BCUT2D eigenvalue weighted by atomic mass is 16.3. The summed E-state index contributed by atoms with van der Waals surface area (Å²) in [5, 5.41) is 19.9. The Hall–Kier alpha value is -1.01. The van der Waals surface area contributed by atoms with E-state index in [0.717, 1.165) is 0 Å². The van der Waals surface area contributed by atoms with Crippen LogP contribution in [0.15, 0.2) is 6.33 Å². The summed E-state index contributed by atoms with van der Waals surface area (Å²) >= 11 is 0. The van der Waals surface area contributed by atoms with Gasteiger partial charge in [-0.25, -0.2) is 4.68 Å². The molecule has 0 bridgehead atoms. The zero-order valence-electron chi connectivity index (χ0n) is 6.80. The van der Waals surface area contributed by atoms with Crippen LogP contribution in [0, 0.1) is 0 Å². The van der Waals surface area contributed by atoms with Crippen LogP contribution in [0.3, 0.4) is 0 Å². The molecule has 0 radical (unpaired) electrons. The minimum atomic E-state index is -0.348. The Labute approximate surface area is 70.4 Å². The minimum Gasteiger partial charge on any atom is -0.393 e. The summed E-state index contributed by atoms with van der Waals surface area (Å²) in [6.07, 6.45) is 2.44. The van der Waals surface area contributed by atoms with E-state index in [1.165, 1.54) is 6.33 Å². The van der Waals surface area contributed by atoms with E-state index in [-0.39, 0.29) is 6.10 Å². The molecule has 0 saturated carbocycles. The average Bonchev–Trinajstić information content (AvgIpc) is 2.53. The number of rotatable bonds is 5. The molecule has 0 spiro atoms. The molecule has 1 aromatic heterocycles. The molecule has 1 rings (SSSR count). The van der Waals surface area contributed by atoms with Crippen molar-refractivity contribution in [3.8, 4) is 0 Å². The van der Waals surface area contributed by atoms with Gasteiger partial charge in [-0.1, -0.05) is 0 Å². The maximum atomic E-state index is 9.29. The van der Waals surface area contributed by atoms with Crippen LogP contribution in [-0.4, -0.2) is 38.0 Å². The normalized spacial score (nSPS) is 13.2. The van der Waals surface area contributed by atoms with Crippen molar-refractivity contribution in [1.82, 2.24) is 20.2 Å². The van der Waals surface area contributed by atoms with Gasteiger partial charge >= 0.3 is 0 Å². The lowest BCUT2D eigenvalue weighted by atomic mass is 10.2. The Morgan fingerprint density at radius 3 is 2.92 bits per heavy atom. The Balaban J connectivity index is 2.17. The zero-order valence-corrected chi connectivity index (χ0v) is 6.80. The molecule has 0 amide bonds. The van der Waals surface area contributed by atoms with Crippen molar-refractivity contribution in [2.45, 2.75) is 25.5 Å². The fraction of sp³-hybridized carbons (Fsp3) is 0.833. The number of hydrogen-bond acceptors (Lipinski definition) is 5. The van der Waals surface area contributed by atoms with E-state index in [4.69, 9.17) is 5.73 Å². The van der Waals surface area contributed by atoms with Gasteiger partial charge in [0.05, 0.1) is 6.10 Å². The molecule has 1 atom stereocenters. The molecule has 68 valence electrons. The average molecular weight is 171 g/mol. The number of nitrogens with zero attached hydrogens (tertiary/aromatic N) is 4. The molecule has 1 heterocycles. The number of tetrazole rings is 1. The topological polar surface area (TPSA) is 89.8 Å². The highest BCUT2D eigenvalue weighted by molar-refractivity contribution is 4.57. The fourth-order valence-corrected chi connectivity index (χ4v) is 0.901. The largest absolute Gasteiger partial charge is 0.393 e. The van der Waals surface area contributed by atoms with Gasteiger partial charge in [0, 0.05) is 6.54 Å². The second-order valence-corrected chi connectivity index (χ2v) is 2.59. The lowest BCUT2D eigenvalue weighted by molar-refractivity contribution is 0.149. The van der Waals surface area contributed by atoms with E-state index in [9.17, 15) is 5.11 Å². The highest BCUT2D eigenvalue weighted by Gasteiger charge is 2.02. The Morgan fingerprint density at radius 1 is 1.50 bits per heavy atom. The lowest BCUT2D eigenvalue weighted by Crippen LogP contribution is -2.16. The fourth-order valence-electron chi connectivity index (χ4n) is 0.901. The van der Waals surface area contributed by atoms with Crippen molar-refractivity contribution >= 4 is 0 Å². The van der Waals surface area contributed by atoms with E-state index >= 15 is 0 Å². The molecule has 0 aliphatic carbocycles. The predicted molar refractivity (Wildman–Crippen MR) is 42.1 cm³/mol.